The Balaban J connectivity index is 1.84. The Morgan fingerprint density at radius 1 is 0.789 bits per heavy atom. The van der Waals surface area contributed by atoms with E-state index in [0.717, 1.165) is 11.1 Å². The van der Waals surface area contributed by atoms with Crippen molar-refractivity contribution >= 4 is 35.0 Å². The van der Waals surface area contributed by atoms with Gasteiger partial charge in [-0.05, 0) is 47.5 Å². The predicted octanol–water partition coefficient (Wildman–Crippen LogP) is 3.47. The minimum atomic E-state index is -1.73. The van der Waals surface area contributed by atoms with Crippen molar-refractivity contribution in [2.45, 2.75) is 13.2 Å². The Morgan fingerprint density at radius 2 is 1.32 bits per heavy atom. The lowest BCUT2D eigenvalue weighted by Gasteiger charge is -2.16. The summed E-state index contributed by atoms with van der Waals surface area (Å²) in [4.78, 5) is 46.9. The number of amides is 1. The van der Waals surface area contributed by atoms with Gasteiger partial charge in [0.1, 0.15) is 24.7 Å². The van der Waals surface area contributed by atoms with Crippen LogP contribution >= 0.6 is 11.6 Å². The quantitative estimate of drug-likeness (QED) is 0.246. The fraction of sp³-hybridized carbons (Fsp3) is 0.185. The third kappa shape index (κ3) is 7.23. The largest absolute Gasteiger partial charge is 0.497 e. The Hall–Kier alpha value is -4.57. The first kappa shape index (κ1) is 28.0. The zero-order chi connectivity index (χ0) is 27.7. The molecule has 0 saturated heterocycles. The van der Waals surface area contributed by atoms with Gasteiger partial charge in [-0.15, -0.1) is 0 Å². The standard InChI is InChI=1S/C27H24ClNO9/c1-35-18-7-3-16(4-8-18)14-37-22-12-11-20(24(31)26(32)29-13-21(30)27(33)34)23(28)25(22)38-15-17-5-9-19(36-2)10-6-17/h3-12H,13-15H2,1-2H3,(H,29,32)(H,33,34). The molecular formula is C27H24ClNO9. The van der Waals surface area contributed by atoms with Crippen molar-refractivity contribution in [1.29, 1.82) is 0 Å². The maximum absolute atomic E-state index is 12.7. The second-order valence-electron chi connectivity index (χ2n) is 7.77. The first-order chi connectivity index (χ1) is 18.2. The maximum atomic E-state index is 12.7. The van der Waals surface area contributed by atoms with Crippen molar-refractivity contribution in [3.05, 3.63) is 82.4 Å². The average Bonchev–Trinajstić information content (AvgIpc) is 2.94. The van der Waals surface area contributed by atoms with Crippen LogP contribution in [0.3, 0.4) is 0 Å². The molecule has 0 unspecified atom stereocenters. The fourth-order valence-electron chi connectivity index (χ4n) is 3.16. The Labute approximate surface area is 223 Å². The van der Waals surface area contributed by atoms with Crippen LogP contribution in [0.4, 0.5) is 0 Å². The van der Waals surface area contributed by atoms with Gasteiger partial charge in [0.05, 0.1) is 31.4 Å². The highest BCUT2D eigenvalue weighted by Gasteiger charge is 2.25. The number of hydrogen-bond acceptors (Lipinski definition) is 8. The molecule has 3 rings (SSSR count). The van der Waals surface area contributed by atoms with Crippen LogP contribution < -0.4 is 24.3 Å². The summed E-state index contributed by atoms with van der Waals surface area (Å²) in [7, 11) is 3.11. The predicted molar refractivity (Wildman–Crippen MR) is 136 cm³/mol. The third-order valence-electron chi connectivity index (χ3n) is 5.26. The van der Waals surface area contributed by atoms with Gasteiger partial charge >= 0.3 is 5.97 Å². The number of aliphatic carboxylic acids is 1. The lowest BCUT2D eigenvalue weighted by Crippen LogP contribution is -2.37. The number of carbonyl (C=O) groups is 4. The van der Waals surface area contributed by atoms with Gasteiger partial charge < -0.3 is 29.4 Å². The summed E-state index contributed by atoms with van der Waals surface area (Å²) in [6.07, 6.45) is 0. The van der Waals surface area contributed by atoms with E-state index in [1.54, 1.807) is 50.6 Å². The van der Waals surface area contributed by atoms with Gasteiger partial charge in [0.25, 0.3) is 17.5 Å². The summed E-state index contributed by atoms with van der Waals surface area (Å²) in [5.41, 5.74) is 1.38. The Kier molecular flexibility index (Phi) is 9.66. The number of hydrogen-bond donors (Lipinski definition) is 2. The SMILES string of the molecule is COc1ccc(COc2ccc(C(=O)C(=O)NCC(=O)C(=O)O)c(Cl)c2OCc2ccc(OC)cc2)cc1. The fourth-order valence-corrected chi connectivity index (χ4v) is 3.46. The van der Waals surface area contributed by atoms with E-state index in [1.807, 2.05) is 17.4 Å². The van der Waals surface area contributed by atoms with E-state index in [1.165, 1.54) is 12.1 Å². The maximum Gasteiger partial charge on any atom is 0.374 e. The highest BCUT2D eigenvalue weighted by molar-refractivity contribution is 6.48. The Bertz CT molecular complexity index is 1320. The first-order valence-corrected chi connectivity index (χ1v) is 11.5. The van der Waals surface area contributed by atoms with Crippen molar-refractivity contribution in [3.8, 4) is 23.0 Å². The van der Waals surface area contributed by atoms with Crippen molar-refractivity contribution in [2.75, 3.05) is 20.8 Å². The molecule has 198 valence electrons. The smallest absolute Gasteiger partial charge is 0.374 e. The van der Waals surface area contributed by atoms with E-state index in [2.05, 4.69) is 0 Å². The number of carboxylic acid groups (broad SMARTS) is 1. The molecule has 0 radical (unpaired) electrons. The van der Waals surface area contributed by atoms with E-state index in [9.17, 15) is 19.2 Å². The molecule has 0 aliphatic heterocycles. The number of methoxy groups -OCH3 is 2. The zero-order valence-corrected chi connectivity index (χ0v) is 21.2. The minimum absolute atomic E-state index is 0.0243. The van der Waals surface area contributed by atoms with Crippen LogP contribution in [0.1, 0.15) is 21.5 Å². The van der Waals surface area contributed by atoms with Crippen molar-refractivity contribution in [1.82, 2.24) is 5.32 Å². The molecule has 3 aromatic carbocycles. The highest BCUT2D eigenvalue weighted by Crippen LogP contribution is 2.39. The average molecular weight is 542 g/mol. The number of rotatable bonds is 13. The third-order valence-corrected chi connectivity index (χ3v) is 5.63. The number of carbonyl (C=O) groups excluding carboxylic acids is 3. The molecule has 0 aliphatic rings. The van der Waals surface area contributed by atoms with E-state index < -0.39 is 30.0 Å². The lowest BCUT2D eigenvalue weighted by atomic mass is 10.1. The van der Waals surface area contributed by atoms with Gasteiger partial charge in [-0.25, -0.2) is 4.79 Å². The van der Waals surface area contributed by atoms with Crippen LogP contribution in [0.5, 0.6) is 23.0 Å². The summed E-state index contributed by atoms with van der Waals surface area (Å²) in [5.74, 6) is -3.69. The number of nitrogens with one attached hydrogen (secondary N) is 1. The lowest BCUT2D eigenvalue weighted by molar-refractivity contribution is -0.148. The van der Waals surface area contributed by atoms with Gasteiger partial charge in [0, 0.05) is 0 Å². The number of benzene rings is 3. The van der Waals surface area contributed by atoms with Gasteiger partial charge in [0.15, 0.2) is 11.5 Å². The molecule has 0 aromatic heterocycles. The number of Topliss-reactive ketones (excluding diaryl/α,β-unsaturated/α-hetero) is 2. The molecule has 0 atom stereocenters. The van der Waals surface area contributed by atoms with Crippen LogP contribution in [0.15, 0.2) is 60.7 Å². The van der Waals surface area contributed by atoms with Gasteiger partial charge in [0.2, 0.25) is 0 Å². The van der Waals surface area contributed by atoms with Crippen molar-refractivity contribution < 1.29 is 43.2 Å². The molecule has 0 aliphatic carbocycles. The van der Waals surface area contributed by atoms with E-state index in [-0.39, 0.29) is 35.3 Å². The minimum Gasteiger partial charge on any atom is -0.497 e. The molecule has 0 saturated carbocycles. The van der Waals surface area contributed by atoms with E-state index in [0.29, 0.717) is 11.5 Å². The molecule has 1 amide bonds. The van der Waals surface area contributed by atoms with Crippen LogP contribution in [0.2, 0.25) is 5.02 Å². The van der Waals surface area contributed by atoms with Crippen LogP contribution in [0, 0.1) is 0 Å². The van der Waals surface area contributed by atoms with E-state index in [4.69, 9.17) is 35.7 Å². The monoisotopic (exact) mass is 541 g/mol. The van der Waals surface area contributed by atoms with Crippen LogP contribution in [-0.4, -0.2) is 49.3 Å². The van der Waals surface area contributed by atoms with Crippen LogP contribution in [0.25, 0.3) is 0 Å². The van der Waals surface area contributed by atoms with Crippen molar-refractivity contribution in [2.24, 2.45) is 0 Å². The molecule has 0 heterocycles. The zero-order valence-electron chi connectivity index (χ0n) is 20.5. The molecule has 10 nitrogen and oxygen atoms in total. The van der Waals surface area contributed by atoms with E-state index >= 15 is 0 Å². The second-order valence-corrected chi connectivity index (χ2v) is 8.15. The van der Waals surface area contributed by atoms with Crippen molar-refractivity contribution in [3.63, 3.8) is 0 Å². The number of ketones is 2. The van der Waals surface area contributed by atoms with Crippen LogP contribution in [-0.2, 0) is 27.6 Å². The molecule has 38 heavy (non-hydrogen) atoms. The highest BCUT2D eigenvalue weighted by atomic mass is 35.5. The molecule has 2 N–H and O–H groups in total. The molecule has 11 heteroatoms. The molecule has 3 aromatic rings. The summed E-state index contributed by atoms with van der Waals surface area (Å²) >= 11 is 6.50. The number of carboxylic acids is 1. The molecule has 0 spiro atoms. The summed E-state index contributed by atoms with van der Waals surface area (Å²) in [5, 5.41) is 10.4. The summed E-state index contributed by atoms with van der Waals surface area (Å²) < 4.78 is 22.1. The first-order valence-electron chi connectivity index (χ1n) is 11.2. The summed E-state index contributed by atoms with van der Waals surface area (Å²) in [6, 6.07) is 17.0. The number of halogens is 1. The van der Waals surface area contributed by atoms with Gasteiger partial charge in [-0.2, -0.15) is 0 Å². The molecule has 0 bridgehead atoms. The Morgan fingerprint density at radius 3 is 1.82 bits per heavy atom. The number of ether oxygens (including phenoxy) is 4. The normalized spacial score (nSPS) is 10.3. The van der Waals surface area contributed by atoms with Gasteiger partial charge in [-0.1, -0.05) is 35.9 Å². The topological polar surface area (TPSA) is 137 Å². The van der Waals surface area contributed by atoms with Gasteiger partial charge in [-0.3, -0.25) is 14.4 Å². The second kappa shape index (κ2) is 13.1. The summed E-state index contributed by atoms with van der Waals surface area (Å²) in [6.45, 7) is -0.648. The molecular weight excluding hydrogens is 518 g/mol. The molecule has 0 fully saturated rings.